The number of carbonyl (C=O) groups is 2. The molecule has 1 amide bonds. The van der Waals surface area contributed by atoms with Crippen LogP contribution < -0.4 is 26.4 Å². The van der Waals surface area contributed by atoms with Crippen LogP contribution in [-0.4, -0.2) is 19.0 Å². The third kappa shape index (κ3) is 4.56. The van der Waals surface area contributed by atoms with Crippen molar-refractivity contribution in [2.75, 3.05) is 22.6 Å². The number of ether oxygens (including phenoxy) is 1. The summed E-state index contributed by atoms with van der Waals surface area (Å²) in [4.78, 5) is 53.0. The predicted molar refractivity (Wildman–Crippen MR) is 154 cm³/mol. The number of hydrogen-bond acceptors (Lipinski definition) is 8. The second-order valence-electron chi connectivity index (χ2n) is 10.8. The van der Waals surface area contributed by atoms with E-state index in [9.17, 15) is 19.2 Å². The highest BCUT2D eigenvalue weighted by atomic mass is 35.5. The Kier molecular flexibility index (Phi) is 6.79. The molecule has 1 aliphatic rings. The average molecular weight is 562 g/mol. The quantitative estimate of drug-likeness (QED) is 0.217. The number of nitrogens with zero attached hydrogens (tertiary/aromatic N) is 1. The van der Waals surface area contributed by atoms with Crippen LogP contribution in [0.1, 0.15) is 64.6 Å². The number of esters is 1. The van der Waals surface area contributed by atoms with E-state index in [1.165, 1.54) is 12.0 Å². The number of fused-ring (bicyclic) bond motifs is 1. The number of para-hydroxylation sites is 1. The van der Waals surface area contributed by atoms with E-state index >= 15 is 0 Å². The van der Waals surface area contributed by atoms with Crippen molar-refractivity contribution in [3.8, 4) is 0 Å². The highest BCUT2D eigenvalue weighted by Crippen LogP contribution is 2.41. The molecule has 0 aliphatic carbocycles. The Hall–Kier alpha value is -4.37. The molecule has 40 heavy (non-hydrogen) atoms. The molecule has 0 saturated carbocycles. The molecule has 0 radical (unpaired) electrons. The van der Waals surface area contributed by atoms with Crippen molar-refractivity contribution in [2.24, 2.45) is 5.41 Å². The number of amides is 1. The second-order valence-corrected chi connectivity index (χ2v) is 11.2. The van der Waals surface area contributed by atoms with Gasteiger partial charge in [-0.25, -0.2) is 4.79 Å². The fourth-order valence-corrected chi connectivity index (χ4v) is 5.14. The molecule has 0 bridgehead atoms. The van der Waals surface area contributed by atoms with Gasteiger partial charge in [-0.3, -0.25) is 14.4 Å². The van der Waals surface area contributed by atoms with Crippen LogP contribution in [0.25, 0.3) is 0 Å². The Morgan fingerprint density at radius 2 is 1.73 bits per heavy atom. The van der Waals surface area contributed by atoms with Crippen molar-refractivity contribution in [1.82, 2.24) is 0 Å². The molecule has 2 N–H and O–H groups in total. The van der Waals surface area contributed by atoms with Gasteiger partial charge in [0.05, 0.1) is 42.2 Å². The highest BCUT2D eigenvalue weighted by molar-refractivity contribution is 6.33. The fraction of sp³-hybridized carbons (Fsp3) is 0.267. The molecule has 0 spiro atoms. The maximum Gasteiger partial charge on any atom is 0.339 e. The van der Waals surface area contributed by atoms with Crippen molar-refractivity contribution in [1.29, 1.82) is 0 Å². The van der Waals surface area contributed by atoms with Crippen LogP contribution in [0.2, 0.25) is 5.02 Å². The van der Waals surface area contributed by atoms with Gasteiger partial charge in [-0.05, 0) is 48.7 Å². The topological polar surface area (TPSA) is 118 Å². The summed E-state index contributed by atoms with van der Waals surface area (Å²) in [6.07, 6.45) is 0. The van der Waals surface area contributed by atoms with Gasteiger partial charge in [0.2, 0.25) is 0 Å². The zero-order chi connectivity index (χ0) is 28.9. The minimum absolute atomic E-state index is 0.0493. The zero-order valence-corrected chi connectivity index (χ0v) is 23.4. The third-order valence-electron chi connectivity index (χ3n) is 7.00. The number of aryl methyl sites for hydroxylation is 1. The number of rotatable bonds is 7. The molecule has 1 aliphatic heterocycles. The standard InChI is InChI=1S/C30H28ClN3O6/c1-15-10-13-21(40-15)27(30(2,3)4)33-24-23(25(35)26(24)36)32-19-12-11-18(31)17-14-34(28(37)22(17)19)20-9-7-6-8-16(20)29(38)39-5/h6-13,27,32-33H,14H2,1-5H3. The molecule has 4 aromatic rings. The first-order valence-corrected chi connectivity index (χ1v) is 13.0. The lowest BCUT2D eigenvalue weighted by molar-refractivity contribution is 0.0601. The van der Waals surface area contributed by atoms with Crippen LogP contribution in [0.5, 0.6) is 0 Å². The second kappa shape index (κ2) is 9.98. The number of anilines is 4. The van der Waals surface area contributed by atoms with E-state index in [4.69, 9.17) is 20.8 Å². The summed E-state index contributed by atoms with van der Waals surface area (Å²) in [5.41, 5.74) is 0.129. The van der Waals surface area contributed by atoms with Gasteiger partial charge in [0.25, 0.3) is 16.8 Å². The van der Waals surface area contributed by atoms with E-state index in [0.717, 1.165) is 5.76 Å². The van der Waals surface area contributed by atoms with Gasteiger partial charge in [0, 0.05) is 10.6 Å². The molecular weight excluding hydrogens is 534 g/mol. The number of carbonyl (C=O) groups excluding carboxylic acids is 2. The average Bonchev–Trinajstić information content (AvgIpc) is 3.51. The maximum atomic E-state index is 13.7. The predicted octanol–water partition coefficient (Wildman–Crippen LogP) is 5.73. The number of hydrogen-bond donors (Lipinski definition) is 2. The van der Waals surface area contributed by atoms with Gasteiger partial charge >= 0.3 is 5.97 Å². The number of halogens is 1. The molecular formula is C30H28ClN3O6. The number of methoxy groups -OCH3 is 1. The summed E-state index contributed by atoms with van der Waals surface area (Å²) < 4.78 is 10.7. The fourth-order valence-electron chi connectivity index (χ4n) is 4.93. The molecule has 1 aromatic heterocycles. The minimum atomic E-state index is -0.701. The van der Waals surface area contributed by atoms with E-state index in [0.29, 0.717) is 27.7 Å². The molecule has 0 saturated heterocycles. The first kappa shape index (κ1) is 27.2. The monoisotopic (exact) mass is 561 g/mol. The summed E-state index contributed by atoms with van der Waals surface area (Å²) in [6, 6.07) is 13.1. The van der Waals surface area contributed by atoms with Gasteiger partial charge in [0.1, 0.15) is 22.9 Å². The van der Waals surface area contributed by atoms with Gasteiger partial charge < -0.3 is 24.7 Å². The molecule has 9 nitrogen and oxygen atoms in total. The first-order valence-electron chi connectivity index (χ1n) is 12.7. The van der Waals surface area contributed by atoms with Crippen molar-refractivity contribution in [3.63, 3.8) is 0 Å². The lowest BCUT2D eigenvalue weighted by Gasteiger charge is -2.31. The largest absolute Gasteiger partial charge is 0.465 e. The molecule has 1 unspecified atom stereocenters. The van der Waals surface area contributed by atoms with Gasteiger partial charge in [-0.2, -0.15) is 0 Å². The molecule has 3 aromatic carbocycles. The normalized spacial score (nSPS) is 13.8. The summed E-state index contributed by atoms with van der Waals surface area (Å²) >= 11 is 6.49. The summed E-state index contributed by atoms with van der Waals surface area (Å²) in [5.74, 6) is 0.362. The lowest BCUT2D eigenvalue weighted by atomic mass is 9.85. The zero-order valence-electron chi connectivity index (χ0n) is 22.7. The Morgan fingerprint density at radius 3 is 2.38 bits per heavy atom. The van der Waals surface area contributed by atoms with Crippen molar-refractivity contribution in [3.05, 3.63) is 102 Å². The Balaban J connectivity index is 1.51. The van der Waals surface area contributed by atoms with Crippen molar-refractivity contribution in [2.45, 2.75) is 40.3 Å². The van der Waals surface area contributed by atoms with Crippen molar-refractivity contribution < 1.29 is 18.7 Å². The Labute approximate surface area is 235 Å². The van der Waals surface area contributed by atoms with Crippen LogP contribution >= 0.6 is 11.6 Å². The van der Waals surface area contributed by atoms with E-state index in [-0.39, 0.29) is 34.5 Å². The first-order chi connectivity index (χ1) is 18.9. The third-order valence-corrected chi connectivity index (χ3v) is 7.36. The number of nitrogens with one attached hydrogen (secondary N) is 2. The molecule has 206 valence electrons. The lowest BCUT2D eigenvalue weighted by Crippen LogP contribution is -2.39. The molecule has 0 fully saturated rings. The highest BCUT2D eigenvalue weighted by Gasteiger charge is 2.37. The Morgan fingerprint density at radius 1 is 1.02 bits per heavy atom. The SMILES string of the molecule is COC(=O)c1ccccc1N1Cc2c(Cl)ccc(Nc3c(NC(c4ccc(C)o4)C(C)(C)C)c(=O)c3=O)c2C1=O. The number of benzene rings is 2. The van der Waals surface area contributed by atoms with Gasteiger partial charge in [0.15, 0.2) is 0 Å². The van der Waals surface area contributed by atoms with Crippen molar-refractivity contribution >= 4 is 46.2 Å². The van der Waals surface area contributed by atoms with Crippen LogP contribution in [0.3, 0.4) is 0 Å². The van der Waals surface area contributed by atoms with Gasteiger partial charge in [-0.1, -0.05) is 44.5 Å². The molecule has 1 atom stereocenters. The van der Waals surface area contributed by atoms with Crippen LogP contribution in [0.4, 0.5) is 22.7 Å². The minimum Gasteiger partial charge on any atom is -0.465 e. The maximum absolute atomic E-state index is 13.7. The summed E-state index contributed by atoms with van der Waals surface area (Å²) in [7, 11) is 1.27. The molecule has 5 rings (SSSR count). The summed E-state index contributed by atoms with van der Waals surface area (Å²) in [6.45, 7) is 7.92. The molecule has 10 heteroatoms. The summed E-state index contributed by atoms with van der Waals surface area (Å²) in [5, 5.41) is 6.58. The van der Waals surface area contributed by atoms with Crippen LogP contribution in [-0.2, 0) is 11.3 Å². The van der Waals surface area contributed by atoms with Crippen LogP contribution in [0.15, 0.2) is 62.5 Å². The molecule has 2 heterocycles. The van der Waals surface area contributed by atoms with Crippen LogP contribution in [0, 0.1) is 12.3 Å². The van der Waals surface area contributed by atoms with Gasteiger partial charge in [-0.15, -0.1) is 0 Å². The smallest absolute Gasteiger partial charge is 0.339 e. The van der Waals surface area contributed by atoms with E-state index in [1.54, 1.807) is 36.4 Å². The Bertz CT molecular complexity index is 1720. The van der Waals surface area contributed by atoms with E-state index in [2.05, 4.69) is 10.6 Å². The van der Waals surface area contributed by atoms with E-state index < -0.39 is 28.8 Å². The number of furan rings is 1. The van der Waals surface area contributed by atoms with E-state index in [1.807, 2.05) is 39.8 Å².